The second-order valence-electron chi connectivity index (χ2n) is 9.03. The van der Waals surface area contributed by atoms with Gasteiger partial charge in [0.1, 0.15) is 5.82 Å². The molecule has 1 saturated heterocycles. The number of hydrogen-bond donors (Lipinski definition) is 3. The van der Waals surface area contributed by atoms with Crippen LogP contribution in [0, 0.1) is 35.9 Å². The number of hydrogen-bond acceptors (Lipinski definition) is 6. The van der Waals surface area contributed by atoms with E-state index in [0.29, 0.717) is 24.9 Å². The normalized spacial score (nSPS) is 27.7. The van der Waals surface area contributed by atoms with Gasteiger partial charge in [-0.25, -0.2) is 18.2 Å². The SMILES string of the molecule is CNCc1cc(C)c(C2CC3C(CC2C#N)NNC3c2ccc(S(C)(=O)=O)cc2)c(F)c1. The van der Waals surface area contributed by atoms with Gasteiger partial charge in [0.2, 0.25) is 0 Å². The Balaban J connectivity index is 1.64. The first kappa shape index (κ1) is 22.9. The molecule has 1 aliphatic heterocycles. The quantitative estimate of drug-likeness (QED) is 0.640. The van der Waals surface area contributed by atoms with E-state index < -0.39 is 9.84 Å². The molecule has 2 aliphatic rings. The zero-order valence-electron chi connectivity index (χ0n) is 18.5. The first-order chi connectivity index (χ1) is 15.2. The van der Waals surface area contributed by atoms with Crippen molar-refractivity contribution in [1.29, 1.82) is 5.26 Å². The Morgan fingerprint density at radius 1 is 1.19 bits per heavy atom. The Bertz CT molecular complexity index is 1120. The van der Waals surface area contributed by atoms with Crippen molar-refractivity contribution >= 4 is 9.84 Å². The smallest absolute Gasteiger partial charge is 0.175 e. The highest BCUT2D eigenvalue weighted by Crippen LogP contribution is 2.48. The Morgan fingerprint density at radius 2 is 1.91 bits per heavy atom. The third-order valence-corrected chi connectivity index (χ3v) is 8.00. The molecule has 2 fully saturated rings. The van der Waals surface area contributed by atoms with Gasteiger partial charge in [0, 0.05) is 24.8 Å². The van der Waals surface area contributed by atoms with E-state index in [1.807, 2.05) is 32.2 Å². The fourth-order valence-corrected chi connectivity index (χ4v) is 6.02. The molecule has 0 bridgehead atoms. The minimum atomic E-state index is -3.26. The number of rotatable bonds is 5. The molecule has 8 heteroatoms. The van der Waals surface area contributed by atoms with Gasteiger partial charge in [-0.1, -0.05) is 18.2 Å². The predicted molar refractivity (Wildman–Crippen MR) is 121 cm³/mol. The summed E-state index contributed by atoms with van der Waals surface area (Å²) < 4.78 is 38.8. The van der Waals surface area contributed by atoms with Gasteiger partial charge in [-0.15, -0.1) is 0 Å². The minimum absolute atomic E-state index is 0.0392. The fraction of sp³-hybridized carbons (Fsp3) is 0.458. The van der Waals surface area contributed by atoms with Crippen molar-refractivity contribution in [2.24, 2.45) is 11.8 Å². The van der Waals surface area contributed by atoms with Crippen molar-refractivity contribution in [3.63, 3.8) is 0 Å². The summed E-state index contributed by atoms with van der Waals surface area (Å²) in [6.45, 7) is 2.51. The maximum atomic E-state index is 15.2. The molecule has 1 aliphatic carbocycles. The van der Waals surface area contributed by atoms with E-state index in [1.165, 1.54) is 6.26 Å². The number of nitriles is 1. The first-order valence-electron chi connectivity index (χ1n) is 10.9. The van der Waals surface area contributed by atoms with Crippen LogP contribution in [-0.4, -0.2) is 27.8 Å². The van der Waals surface area contributed by atoms with Gasteiger partial charge in [0.15, 0.2) is 9.84 Å². The van der Waals surface area contributed by atoms with Crippen LogP contribution in [0.5, 0.6) is 0 Å². The fourth-order valence-electron chi connectivity index (χ4n) is 5.39. The summed E-state index contributed by atoms with van der Waals surface area (Å²) >= 11 is 0. The van der Waals surface area contributed by atoms with Crippen LogP contribution >= 0.6 is 0 Å². The molecule has 0 aromatic heterocycles. The lowest BCUT2D eigenvalue weighted by molar-refractivity contribution is 0.234. The van der Waals surface area contributed by atoms with Crippen LogP contribution < -0.4 is 16.2 Å². The molecular formula is C24H29FN4O2S. The van der Waals surface area contributed by atoms with Crippen molar-refractivity contribution in [3.05, 3.63) is 64.5 Å². The van der Waals surface area contributed by atoms with E-state index >= 15 is 4.39 Å². The minimum Gasteiger partial charge on any atom is -0.316 e. The summed E-state index contributed by atoms with van der Waals surface area (Å²) in [4.78, 5) is 0.286. The lowest BCUT2D eigenvalue weighted by Gasteiger charge is -2.37. The molecule has 0 spiro atoms. The number of halogens is 1. The van der Waals surface area contributed by atoms with Crippen LogP contribution in [-0.2, 0) is 16.4 Å². The van der Waals surface area contributed by atoms with Crippen LogP contribution in [0.1, 0.15) is 47.1 Å². The van der Waals surface area contributed by atoms with Gasteiger partial charge in [-0.3, -0.25) is 5.43 Å². The van der Waals surface area contributed by atoms with Gasteiger partial charge < -0.3 is 5.32 Å². The van der Waals surface area contributed by atoms with Crippen LogP contribution in [0.2, 0.25) is 0 Å². The third-order valence-electron chi connectivity index (χ3n) is 6.87. The van der Waals surface area contributed by atoms with E-state index in [4.69, 9.17) is 0 Å². The summed E-state index contributed by atoms with van der Waals surface area (Å²) in [5, 5.41) is 12.9. The van der Waals surface area contributed by atoms with E-state index in [-0.39, 0.29) is 40.6 Å². The summed E-state index contributed by atoms with van der Waals surface area (Å²) in [6.07, 6.45) is 2.50. The maximum Gasteiger partial charge on any atom is 0.175 e. The summed E-state index contributed by atoms with van der Waals surface area (Å²) in [5.41, 5.74) is 10.1. The Morgan fingerprint density at radius 3 is 2.50 bits per heavy atom. The molecular weight excluding hydrogens is 427 g/mol. The molecule has 0 radical (unpaired) electrons. The highest BCUT2D eigenvalue weighted by molar-refractivity contribution is 7.90. The Hall–Kier alpha value is -2.31. The summed E-state index contributed by atoms with van der Waals surface area (Å²) in [7, 11) is -1.43. The Kier molecular flexibility index (Phi) is 6.37. The van der Waals surface area contributed by atoms with Crippen molar-refractivity contribution in [2.75, 3.05) is 13.3 Å². The molecule has 6 nitrogen and oxygen atoms in total. The van der Waals surface area contributed by atoms with E-state index in [0.717, 1.165) is 16.7 Å². The molecule has 5 unspecified atom stereocenters. The monoisotopic (exact) mass is 456 g/mol. The third kappa shape index (κ3) is 4.30. The topological polar surface area (TPSA) is 94.0 Å². The molecule has 5 atom stereocenters. The zero-order chi connectivity index (χ0) is 23.0. The number of sulfone groups is 1. The number of nitrogens with one attached hydrogen (secondary N) is 3. The number of fused-ring (bicyclic) bond motifs is 1. The Labute approximate surface area is 189 Å². The highest BCUT2D eigenvalue weighted by atomic mass is 32.2. The van der Waals surface area contributed by atoms with Crippen molar-refractivity contribution < 1.29 is 12.8 Å². The van der Waals surface area contributed by atoms with Gasteiger partial charge in [-0.2, -0.15) is 5.26 Å². The lowest BCUT2D eigenvalue weighted by Crippen LogP contribution is -2.39. The van der Waals surface area contributed by atoms with Crippen molar-refractivity contribution in [3.8, 4) is 6.07 Å². The predicted octanol–water partition coefficient (Wildman–Crippen LogP) is 3.11. The van der Waals surface area contributed by atoms with Gasteiger partial charge in [0.05, 0.1) is 22.9 Å². The summed E-state index contributed by atoms with van der Waals surface area (Å²) in [6, 6.07) is 13.0. The zero-order valence-corrected chi connectivity index (χ0v) is 19.3. The van der Waals surface area contributed by atoms with Crippen LogP contribution in [0.3, 0.4) is 0 Å². The maximum absolute atomic E-state index is 15.2. The largest absolute Gasteiger partial charge is 0.316 e. The summed E-state index contributed by atoms with van der Waals surface area (Å²) in [5.74, 6) is -0.555. The number of benzene rings is 2. The molecule has 1 heterocycles. The lowest BCUT2D eigenvalue weighted by atomic mass is 9.66. The number of hydrazine groups is 1. The van der Waals surface area contributed by atoms with Crippen molar-refractivity contribution in [2.45, 2.75) is 49.2 Å². The molecule has 2 aromatic carbocycles. The van der Waals surface area contributed by atoms with E-state index in [1.54, 1.807) is 18.2 Å². The second-order valence-corrected chi connectivity index (χ2v) is 11.0. The van der Waals surface area contributed by atoms with Crippen LogP contribution in [0.15, 0.2) is 41.3 Å². The average molecular weight is 457 g/mol. The van der Waals surface area contributed by atoms with E-state index in [9.17, 15) is 13.7 Å². The molecule has 2 aromatic rings. The van der Waals surface area contributed by atoms with Crippen molar-refractivity contribution in [1.82, 2.24) is 16.2 Å². The van der Waals surface area contributed by atoms with E-state index in [2.05, 4.69) is 22.2 Å². The van der Waals surface area contributed by atoms with Crippen LogP contribution in [0.4, 0.5) is 4.39 Å². The number of aryl methyl sites for hydroxylation is 1. The number of nitrogens with zero attached hydrogens (tertiary/aromatic N) is 1. The van der Waals surface area contributed by atoms with Crippen LogP contribution in [0.25, 0.3) is 0 Å². The van der Waals surface area contributed by atoms with Gasteiger partial charge in [-0.05, 0) is 73.2 Å². The second kappa shape index (κ2) is 8.91. The standard InChI is InChI=1S/C24H29FN4O2S/c1-14-8-15(13-27-2)9-21(25)23(14)19-11-20-22(10-17(19)12-26)28-29-24(20)16-4-6-18(7-5-16)32(3,30)31/h4-9,17,19-20,22,24,27-29H,10-11,13H2,1-3H3. The molecule has 170 valence electrons. The van der Waals surface area contributed by atoms with Gasteiger partial charge >= 0.3 is 0 Å². The van der Waals surface area contributed by atoms with Gasteiger partial charge in [0.25, 0.3) is 0 Å². The molecule has 1 saturated carbocycles. The highest BCUT2D eigenvalue weighted by Gasteiger charge is 2.46. The molecule has 3 N–H and O–H groups in total. The first-order valence-corrected chi connectivity index (χ1v) is 12.8. The molecule has 4 rings (SSSR count). The molecule has 32 heavy (non-hydrogen) atoms. The average Bonchev–Trinajstić information content (AvgIpc) is 3.15. The molecule has 0 amide bonds.